The minimum Gasteiger partial charge on any atom is -0.316 e. The molecule has 0 unspecified atom stereocenters. The van der Waals surface area contributed by atoms with E-state index in [2.05, 4.69) is 17.2 Å². The molecule has 0 amide bonds. The Morgan fingerprint density at radius 2 is 2.00 bits per heavy atom. The first-order valence-corrected chi connectivity index (χ1v) is 5.21. The van der Waals surface area contributed by atoms with Gasteiger partial charge in [-0.25, -0.2) is 0 Å². The van der Waals surface area contributed by atoms with E-state index in [0.29, 0.717) is 0 Å². The number of rotatable bonds is 6. The average molecular weight is 190 g/mol. The van der Waals surface area contributed by atoms with E-state index in [9.17, 15) is 0 Å². The Morgan fingerprint density at radius 3 is 2.71 bits per heavy atom. The Bertz CT molecular complexity index is 254. The van der Waals surface area contributed by atoms with Gasteiger partial charge >= 0.3 is 0 Å². The summed E-state index contributed by atoms with van der Waals surface area (Å²) < 4.78 is 0. The Hall–Kier alpha value is -1.15. The quantitative estimate of drug-likeness (QED) is 0.541. The Kier molecular flexibility index (Phi) is 5.68. The number of hydrogen-bond donors (Lipinski definition) is 1. The Morgan fingerprint density at radius 1 is 1.21 bits per heavy atom. The molecule has 0 aliphatic carbocycles. The molecule has 0 atom stereocenters. The van der Waals surface area contributed by atoms with Crippen molar-refractivity contribution in [1.29, 1.82) is 0 Å². The van der Waals surface area contributed by atoms with Crippen LogP contribution in [0, 0.1) is 0 Å². The zero-order valence-electron chi connectivity index (χ0n) is 8.74. The van der Waals surface area contributed by atoms with Crippen LogP contribution in [-0.2, 0) is 0 Å². The Labute approximate surface area is 86.1 Å². The van der Waals surface area contributed by atoms with Crippen molar-refractivity contribution in [3.63, 3.8) is 0 Å². The smallest absolute Gasteiger partial charge is 0.0625 e. The van der Waals surface area contributed by atoms with Crippen molar-refractivity contribution >= 4 is 11.9 Å². The predicted molar refractivity (Wildman–Crippen MR) is 62.4 cm³/mol. The third-order valence-corrected chi connectivity index (χ3v) is 1.87. The second-order valence-electron chi connectivity index (χ2n) is 3.19. The van der Waals surface area contributed by atoms with Gasteiger partial charge in [-0.05, 0) is 31.5 Å². The number of benzene rings is 1. The van der Waals surface area contributed by atoms with E-state index in [4.69, 9.17) is 0 Å². The minimum absolute atomic E-state index is 0.995. The van der Waals surface area contributed by atoms with E-state index in [1.54, 1.807) is 0 Å². The number of nitrogens with zero attached hydrogens (tertiary/aromatic N) is 1. The van der Waals surface area contributed by atoms with Crippen LogP contribution in [0.5, 0.6) is 0 Å². The Balaban J connectivity index is 2.15. The van der Waals surface area contributed by atoms with Gasteiger partial charge in [-0.3, -0.25) is 4.99 Å². The van der Waals surface area contributed by atoms with Crippen LogP contribution in [0.1, 0.15) is 19.8 Å². The van der Waals surface area contributed by atoms with Crippen molar-refractivity contribution in [3.8, 4) is 0 Å². The standard InChI is InChI=1S/C12H18N2/c1-2-9-13-10-6-11-14-12-7-4-3-5-8-12/h3-5,7-8,11,13H,2,6,9-10H2,1H3. The first-order valence-electron chi connectivity index (χ1n) is 5.21. The maximum absolute atomic E-state index is 4.34. The van der Waals surface area contributed by atoms with Crippen molar-refractivity contribution in [2.75, 3.05) is 13.1 Å². The molecule has 0 fully saturated rings. The second-order valence-corrected chi connectivity index (χ2v) is 3.19. The van der Waals surface area contributed by atoms with Gasteiger partial charge < -0.3 is 5.32 Å². The minimum atomic E-state index is 0.995. The molecule has 2 heteroatoms. The number of hydrogen-bond acceptors (Lipinski definition) is 2. The van der Waals surface area contributed by atoms with Crippen LogP contribution >= 0.6 is 0 Å². The molecule has 0 bridgehead atoms. The third-order valence-electron chi connectivity index (χ3n) is 1.87. The van der Waals surface area contributed by atoms with Gasteiger partial charge in [-0.2, -0.15) is 0 Å². The van der Waals surface area contributed by atoms with Crippen molar-refractivity contribution in [1.82, 2.24) is 5.32 Å². The van der Waals surface area contributed by atoms with Gasteiger partial charge in [0.05, 0.1) is 5.69 Å². The first kappa shape index (κ1) is 10.9. The third kappa shape index (κ3) is 4.77. The van der Waals surface area contributed by atoms with Gasteiger partial charge in [-0.1, -0.05) is 25.1 Å². The molecular weight excluding hydrogens is 172 g/mol. The number of nitrogens with one attached hydrogen (secondary N) is 1. The van der Waals surface area contributed by atoms with Crippen molar-refractivity contribution in [2.45, 2.75) is 19.8 Å². The fraction of sp³-hybridized carbons (Fsp3) is 0.417. The molecule has 0 aromatic heterocycles. The molecule has 76 valence electrons. The largest absolute Gasteiger partial charge is 0.316 e. The topological polar surface area (TPSA) is 24.4 Å². The van der Waals surface area contributed by atoms with Crippen LogP contribution in [0.2, 0.25) is 0 Å². The van der Waals surface area contributed by atoms with E-state index in [-0.39, 0.29) is 0 Å². The van der Waals surface area contributed by atoms with Gasteiger partial charge in [0.2, 0.25) is 0 Å². The summed E-state index contributed by atoms with van der Waals surface area (Å²) in [5.41, 5.74) is 1.03. The van der Waals surface area contributed by atoms with Gasteiger partial charge in [0.15, 0.2) is 0 Å². The summed E-state index contributed by atoms with van der Waals surface area (Å²) in [4.78, 5) is 4.34. The lowest BCUT2D eigenvalue weighted by Crippen LogP contribution is -2.15. The normalized spacial score (nSPS) is 10.9. The van der Waals surface area contributed by atoms with Crippen LogP contribution in [0.3, 0.4) is 0 Å². The maximum Gasteiger partial charge on any atom is 0.0625 e. The molecular formula is C12H18N2. The van der Waals surface area contributed by atoms with Crippen LogP contribution < -0.4 is 5.32 Å². The van der Waals surface area contributed by atoms with Crippen LogP contribution in [-0.4, -0.2) is 19.3 Å². The van der Waals surface area contributed by atoms with Crippen LogP contribution in [0.15, 0.2) is 35.3 Å². The lowest BCUT2D eigenvalue weighted by molar-refractivity contribution is 0.688. The van der Waals surface area contributed by atoms with Crippen molar-refractivity contribution in [3.05, 3.63) is 30.3 Å². The summed E-state index contributed by atoms with van der Waals surface area (Å²) in [7, 11) is 0. The zero-order valence-corrected chi connectivity index (χ0v) is 8.74. The van der Waals surface area contributed by atoms with Crippen LogP contribution in [0.4, 0.5) is 5.69 Å². The lowest BCUT2D eigenvalue weighted by Gasteiger charge is -1.97. The summed E-state index contributed by atoms with van der Waals surface area (Å²) in [6, 6.07) is 10.0. The molecule has 0 aliphatic heterocycles. The molecule has 2 nitrogen and oxygen atoms in total. The highest BCUT2D eigenvalue weighted by Crippen LogP contribution is 2.08. The van der Waals surface area contributed by atoms with Gasteiger partial charge in [0, 0.05) is 12.8 Å². The summed E-state index contributed by atoms with van der Waals surface area (Å²) in [5.74, 6) is 0. The predicted octanol–water partition coefficient (Wildman–Crippen LogP) is 2.78. The average Bonchev–Trinajstić information content (AvgIpc) is 2.25. The summed E-state index contributed by atoms with van der Waals surface area (Å²) in [6.45, 7) is 4.29. The van der Waals surface area contributed by atoms with Gasteiger partial charge in [-0.15, -0.1) is 0 Å². The zero-order chi connectivity index (χ0) is 10.1. The van der Waals surface area contributed by atoms with Crippen molar-refractivity contribution in [2.24, 2.45) is 4.99 Å². The molecule has 1 aromatic rings. The second kappa shape index (κ2) is 7.27. The van der Waals surface area contributed by atoms with E-state index in [1.165, 1.54) is 6.42 Å². The van der Waals surface area contributed by atoms with E-state index in [1.807, 2.05) is 36.5 Å². The van der Waals surface area contributed by atoms with E-state index >= 15 is 0 Å². The molecule has 0 radical (unpaired) electrons. The summed E-state index contributed by atoms with van der Waals surface area (Å²) in [5, 5.41) is 3.33. The fourth-order valence-corrected chi connectivity index (χ4v) is 1.15. The molecule has 0 saturated carbocycles. The maximum atomic E-state index is 4.34. The monoisotopic (exact) mass is 190 g/mol. The molecule has 0 saturated heterocycles. The molecule has 1 rings (SSSR count). The molecule has 0 spiro atoms. The SMILES string of the molecule is CCCNCCC=Nc1ccccc1. The van der Waals surface area contributed by atoms with Crippen LogP contribution in [0.25, 0.3) is 0 Å². The lowest BCUT2D eigenvalue weighted by atomic mass is 10.3. The van der Waals surface area contributed by atoms with E-state index < -0.39 is 0 Å². The van der Waals surface area contributed by atoms with Gasteiger partial charge in [0.25, 0.3) is 0 Å². The number of para-hydroxylation sites is 1. The highest BCUT2D eigenvalue weighted by Gasteiger charge is 1.84. The molecule has 14 heavy (non-hydrogen) atoms. The first-order chi connectivity index (χ1) is 6.93. The van der Waals surface area contributed by atoms with Crippen molar-refractivity contribution < 1.29 is 0 Å². The molecule has 1 aromatic carbocycles. The molecule has 0 heterocycles. The highest BCUT2D eigenvalue weighted by molar-refractivity contribution is 5.63. The molecule has 1 N–H and O–H groups in total. The molecule has 0 aliphatic rings. The summed E-state index contributed by atoms with van der Waals surface area (Å²) in [6.07, 6.45) is 4.16. The van der Waals surface area contributed by atoms with E-state index in [0.717, 1.165) is 25.2 Å². The fourth-order valence-electron chi connectivity index (χ4n) is 1.15. The summed E-state index contributed by atoms with van der Waals surface area (Å²) >= 11 is 0. The van der Waals surface area contributed by atoms with Gasteiger partial charge in [0.1, 0.15) is 0 Å². The highest BCUT2D eigenvalue weighted by atomic mass is 14.8. The number of aliphatic imine (C=N–C) groups is 1.